The van der Waals surface area contributed by atoms with Crippen molar-refractivity contribution in [1.29, 1.82) is 0 Å². The number of fused-ring (bicyclic) bond motifs is 3. The molecular formula is C17H16ClF3N4O. The maximum Gasteiger partial charge on any atom is 0.451 e. The van der Waals surface area contributed by atoms with E-state index < -0.39 is 18.1 Å². The predicted molar refractivity (Wildman–Crippen MR) is 92.2 cm³/mol. The van der Waals surface area contributed by atoms with Crippen LogP contribution in [0.15, 0.2) is 24.4 Å². The largest absolute Gasteiger partial charge is 0.451 e. The highest BCUT2D eigenvalue weighted by Crippen LogP contribution is 2.36. The fourth-order valence-corrected chi connectivity index (χ4v) is 3.77. The van der Waals surface area contributed by atoms with E-state index >= 15 is 0 Å². The van der Waals surface area contributed by atoms with Crippen LogP contribution in [0.2, 0.25) is 5.02 Å². The van der Waals surface area contributed by atoms with Crippen molar-refractivity contribution >= 4 is 33.5 Å². The zero-order valence-corrected chi connectivity index (χ0v) is 14.3. The smallest absolute Gasteiger partial charge is 0.390 e. The molecule has 0 saturated carbocycles. The summed E-state index contributed by atoms with van der Waals surface area (Å²) < 4.78 is 41.0. The van der Waals surface area contributed by atoms with Crippen LogP contribution in [0.4, 0.5) is 13.2 Å². The van der Waals surface area contributed by atoms with Crippen molar-refractivity contribution in [2.75, 3.05) is 13.1 Å². The summed E-state index contributed by atoms with van der Waals surface area (Å²) in [6, 6.07) is 4.74. The third kappa shape index (κ3) is 2.91. The monoisotopic (exact) mass is 384 g/mol. The number of β-amino-alcohol motifs (C(OH)–C–C–N with tert-alkyl or cyclic N) is 1. The number of hydrogen-bond donors (Lipinski definition) is 2. The summed E-state index contributed by atoms with van der Waals surface area (Å²) in [4.78, 5) is 7.28. The number of rotatable bonds is 1. The van der Waals surface area contributed by atoms with Crippen LogP contribution in [-0.2, 0) is 6.18 Å². The van der Waals surface area contributed by atoms with E-state index in [1.165, 1.54) is 6.20 Å². The number of nitrogens with zero attached hydrogens (tertiary/aromatic N) is 3. The van der Waals surface area contributed by atoms with Gasteiger partial charge in [0.15, 0.2) is 0 Å². The van der Waals surface area contributed by atoms with E-state index in [-0.39, 0.29) is 11.6 Å². The van der Waals surface area contributed by atoms with Crippen molar-refractivity contribution < 1.29 is 18.3 Å². The van der Waals surface area contributed by atoms with Gasteiger partial charge in [-0.1, -0.05) is 11.6 Å². The molecule has 26 heavy (non-hydrogen) atoms. The molecule has 1 aliphatic heterocycles. The lowest BCUT2D eigenvalue weighted by Crippen LogP contribution is -2.31. The Balaban J connectivity index is 2.01. The highest BCUT2D eigenvalue weighted by atomic mass is 35.5. The SMILES string of the molecule is O[C@@H]1CNCCC[C@H]1n1c2ccc(Cl)cc2c2nc(C(F)(F)F)ncc21. The van der Waals surface area contributed by atoms with Gasteiger partial charge < -0.3 is 15.0 Å². The van der Waals surface area contributed by atoms with Gasteiger partial charge in [-0.25, -0.2) is 9.97 Å². The normalized spacial score (nSPS) is 22.0. The van der Waals surface area contributed by atoms with Gasteiger partial charge in [0.1, 0.15) is 5.52 Å². The number of benzene rings is 1. The van der Waals surface area contributed by atoms with Crippen LogP contribution in [-0.4, -0.2) is 38.8 Å². The van der Waals surface area contributed by atoms with E-state index in [2.05, 4.69) is 15.3 Å². The topological polar surface area (TPSA) is 63.0 Å². The molecule has 0 amide bonds. The minimum Gasteiger partial charge on any atom is -0.390 e. The summed E-state index contributed by atoms with van der Waals surface area (Å²) in [5.41, 5.74) is 1.33. The maximum absolute atomic E-state index is 13.1. The average molecular weight is 385 g/mol. The summed E-state index contributed by atoms with van der Waals surface area (Å²) in [5, 5.41) is 14.6. The Morgan fingerprint density at radius 1 is 1.27 bits per heavy atom. The van der Waals surface area contributed by atoms with Gasteiger partial charge in [-0.15, -0.1) is 0 Å². The molecule has 1 aromatic carbocycles. The van der Waals surface area contributed by atoms with Gasteiger partial charge in [0.05, 0.1) is 29.4 Å². The Morgan fingerprint density at radius 2 is 2.08 bits per heavy atom. The second-order valence-electron chi connectivity index (χ2n) is 6.44. The van der Waals surface area contributed by atoms with Crippen LogP contribution in [0.5, 0.6) is 0 Å². The van der Waals surface area contributed by atoms with Gasteiger partial charge >= 0.3 is 6.18 Å². The Kier molecular flexibility index (Phi) is 4.29. The van der Waals surface area contributed by atoms with Gasteiger partial charge in [-0.05, 0) is 37.6 Å². The molecule has 2 atom stereocenters. The lowest BCUT2D eigenvalue weighted by molar-refractivity contribution is -0.144. The number of alkyl halides is 3. The average Bonchev–Trinajstić information content (AvgIpc) is 2.74. The van der Waals surface area contributed by atoms with Crippen LogP contribution < -0.4 is 5.32 Å². The molecule has 0 aliphatic carbocycles. The van der Waals surface area contributed by atoms with Gasteiger partial charge in [0.25, 0.3) is 0 Å². The standard InChI is InChI=1S/C17H16ClF3N4O/c18-9-3-4-11-10(6-9)15-13(7-23-16(24-15)17(19,20)21)25(11)12-2-1-5-22-8-14(12)26/h3-4,6-7,12,14,22,26H,1-2,5,8H2/t12-,14-/m1/s1. The lowest BCUT2D eigenvalue weighted by Gasteiger charge is -2.24. The molecule has 1 aliphatic rings. The molecule has 2 aromatic heterocycles. The van der Waals surface area contributed by atoms with Crippen molar-refractivity contribution in [3.63, 3.8) is 0 Å². The summed E-state index contributed by atoms with van der Waals surface area (Å²) >= 11 is 6.06. The van der Waals surface area contributed by atoms with Crippen molar-refractivity contribution in [2.24, 2.45) is 0 Å². The number of aliphatic hydroxyl groups excluding tert-OH is 1. The van der Waals surface area contributed by atoms with Crippen molar-refractivity contribution in [3.8, 4) is 0 Å². The Morgan fingerprint density at radius 3 is 2.85 bits per heavy atom. The highest BCUT2D eigenvalue weighted by molar-refractivity contribution is 6.31. The zero-order valence-electron chi connectivity index (χ0n) is 13.6. The molecule has 138 valence electrons. The van der Waals surface area contributed by atoms with E-state index in [1.807, 2.05) is 4.57 Å². The van der Waals surface area contributed by atoms with E-state index in [4.69, 9.17) is 11.6 Å². The summed E-state index contributed by atoms with van der Waals surface area (Å²) in [6.07, 6.45) is -2.58. The Hall–Kier alpha value is -1.90. The van der Waals surface area contributed by atoms with Gasteiger partial charge in [0.2, 0.25) is 5.82 Å². The Labute approximate surface area is 151 Å². The van der Waals surface area contributed by atoms with Crippen LogP contribution >= 0.6 is 11.6 Å². The second-order valence-corrected chi connectivity index (χ2v) is 6.87. The molecule has 0 bridgehead atoms. The first-order valence-electron chi connectivity index (χ1n) is 8.28. The molecule has 9 heteroatoms. The van der Waals surface area contributed by atoms with E-state index in [0.717, 1.165) is 13.0 Å². The molecule has 3 heterocycles. The number of aromatic nitrogens is 3. The summed E-state index contributed by atoms with van der Waals surface area (Å²) in [5.74, 6) is -1.19. The van der Waals surface area contributed by atoms with E-state index in [1.54, 1.807) is 18.2 Å². The molecule has 0 spiro atoms. The number of halogens is 4. The minimum absolute atomic E-state index is 0.189. The molecule has 1 fully saturated rings. The molecule has 5 nitrogen and oxygen atoms in total. The first-order chi connectivity index (χ1) is 12.4. The lowest BCUT2D eigenvalue weighted by atomic mass is 10.1. The number of hydrogen-bond acceptors (Lipinski definition) is 4. The quantitative estimate of drug-likeness (QED) is 0.673. The third-order valence-corrected chi connectivity index (χ3v) is 4.97. The first-order valence-corrected chi connectivity index (χ1v) is 8.66. The highest BCUT2D eigenvalue weighted by Gasteiger charge is 2.36. The summed E-state index contributed by atoms with van der Waals surface area (Å²) in [7, 11) is 0. The van der Waals surface area contributed by atoms with Crippen molar-refractivity contribution in [2.45, 2.75) is 31.2 Å². The van der Waals surface area contributed by atoms with Gasteiger partial charge in [-0.3, -0.25) is 0 Å². The fourth-order valence-electron chi connectivity index (χ4n) is 3.60. The van der Waals surface area contributed by atoms with E-state index in [0.29, 0.717) is 34.4 Å². The van der Waals surface area contributed by atoms with Crippen LogP contribution in [0.1, 0.15) is 24.7 Å². The molecule has 0 unspecified atom stereocenters. The molecule has 3 aromatic rings. The molecule has 2 N–H and O–H groups in total. The van der Waals surface area contributed by atoms with Crippen LogP contribution in [0.25, 0.3) is 21.9 Å². The number of nitrogens with one attached hydrogen (secondary N) is 1. The number of aliphatic hydroxyl groups is 1. The predicted octanol–water partition coefficient (Wildman–Crippen LogP) is 3.54. The third-order valence-electron chi connectivity index (χ3n) is 4.74. The molecular weight excluding hydrogens is 369 g/mol. The molecule has 4 rings (SSSR count). The zero-order chi connectivity index (χ0) is 18.5. The van der Waals surface area contributed by atoms with Crippen LogP contribution in [0.3, 0.4) is 0 Å². The first kappa shape index (κ1) is 17.5. The fraction of sp³-hybridized carbons (Fsp3) is 0.412. The van der Waals surface area contributed by atoms with Gasteiger partial charge in [-0.2, -0.15) is 13.2 Å². The van der Waals surface area contributed by atoms with Gasteiger partial charge in [0, 0.05) is 17.0 Å². The molecule has 1 saturated heterocycles. The Bertz CT molecular complexity index is 972. The maximum atomic E-state index is 13.1. The minimum atomic E-state index is -4.63. The second kappa shape index (κ2) is 6.37. The van der Waals surface area contributed by atoms with Crippen molar-refractivity contribution in [3.05, 3.63) is 35.2 Å². The summed E-state index contributed by atoms with van der Waals surface area (Å²) in [6.45, 7) is 1.20. The van der Waals surface area contributed by atoms with Crippen molar-refractivity contribution in [1.82, 2.24) is 19.9 Å². The van der Waals surface area contributed by atoms with E-state index in [9.17, 15) is 18.3 Å². The van der Waals surface area contributed by atoms with Crippen LogP contribution in [0, 0.1) is 0 Å². The molecule has 0 radical (unpaired) electrons.